The van der Waals surface area contributed by atoms with E-state index in [0.29, 0.717) is 16.6 Å². The smallest absolute Gasteiger partial charge is 0.423 e. The number of fused-ring (bicyclic) bond motifs is 1. The summed E-state index contributed by atoms with van der Waals surface area (Å²) in [4.78, 5) is 3.27. The standard InChI is InChI=1S/C23H19BF3NO2/c25-23(26,27)14-18(16-10-4-6-12-19(16)24(29)30)21-17-11-5-7-13-20(17)28-22(21)15-8-2-1-3-9-15/h1-13,18,28-30H,14H2. The topological polar surface area (TPSA) is 56.2 Å². The van der Waals surface area contributed by atoms with Crippen LogP contribution in [0, 0.1) is 0 Å². The first kappa shape index (κ1) is 20.3. The molecule has 0 radical (unpaired) electrons. The lowest BCUT2D eigenvalue weighted by Gasteiger charge is -2.23. The van der Waals surface area contributed by atoms with E-state index in [2.05, 4.69) is 4.98 Å². The van der Waals surface area contributed by atoms with Crippen molar-refractivity contribution in [1.82, 2.24) is 4.98 Å². The fourth-order valence-corrected chi connectivity index (χ4v) is 4.02. The van der Waals surface area contributed by atoms with Gasteiger partial charge in [0.2, 0.25) is 0 Å². The third-order valence-corrected chi connectivity index (χ3v) is 5.24. The van der Waals surface area contributed by atoms with Crippen LogP contribution in [0.3, 0.4) is 0 Å². The first-order chi connectivity index (χ1) is 14.3. The number of benzene rings is 3. The number of aromatic nitrogens is 1. The summed E-state index contributed by atoms with van der Waals surface area (Å²) in [5.74, 6) is -1.12. The molecule has 152 valence electrons. The second-order valence-corrected chi connectivity index (χ2v) is 7.20. The van der Waals surface area contributed by atoms with E-state index in [1.807, 2.05) is 42.5 Å². The second-order valence-electron chi connectivity index (χ2n) is 7.20. The molecule has 0 bridgehead atoms. The zero-order chi connectivity index (χ0) is 21.3. The Bertz CT molecular complexity index is 1160. The van der Waals surface area contributed by atoms with Crippen LogP contribution >= 0.6 is 0 Å². The van der Waals surface area contributed by atoms with Crippen LogP contribution in [0.15, 0.2) is 78.9 Å². The van der Waals surface area contributed by atoms with Crippen LogP contribution in [0.4, 0.5) is 13.2 Å². The van der Waals surface area contributed by atoms with Gasteiger partial charge in [0, 0.05) is 16.8 Å². The van der Waals surface area contributed by atoms with Crippen LogP contribution in [0.5, 0.6) is 0 Å². The monoisotopic (exact) mass is 409 g/mol. The van der Waals surface area contributed by atoms with Crippen molar-refractivity contribution in [3.8, 4) is 11.3 Å². The Morgan fingerprint density at radius 3 is 2.17 bits per heavy atom. The van der Waals surface area contributed by atoms with Gasteiger partial charge in [0.25, 0.3) is 0 Å². The van der Waals surface area contributed by atoms with Crippen molar-refractivity contribution in [2.45, 2.75) is 18.5 Å². The van der Waals surface area contributed by atoms with Crippen LogP contribution < -0.4 is 5.46 Å². The van der Waals surface area contributed by atoms with Crippen LogP contribution in [0.1, 0.15) is 23.5 Å². The van der Waals surface area contributed by atoms with Crippen LogP contribution in [-0.2, 0) is 0 Å². The molecule has 3 aromatic carbocycles. The Kier molecular flexibility index (Phi) is 5.41. The average molecular weight is 409 g/mol. The summed E-state index contributed by atoms with van der Waals surface area (Å²) in [6, 6.07) is 22.6. The maximum Gasteiger partial charge on any atom is 0.488 e. The van der Waals surface area contributed by atoms with Gasteiger partial charge < -0.3 is 15.0 Å². The predicted molar refractivity (Wildman–Crippen MR) is 113 cm³/mol. The first-order valence-corrected chi connectivity index (χ1v) is 9.53. The molecule has 1 atom stereocenters. The zero-order valence-corrected chi connectivity index (χ0v) is 15.9. The van der Waals surface area contributed by atoms with Gasteiger partial charge in [0.05, 0.1) is 12.1 Å². The molecule has 0 saturated carbocycles. The summed E-state index contributed by atoms with van der Waals surface area (Å²) in [5.41, 5.74) is 2.87. The lowest BCUT2D eigenvalue weighted by atomic mass is 9.71. The Balaban J connectivity index is 2.03. The van der Waals surface area contributed by atoms with Gasteiger partial charge in [-0.3, -0.25) is 0 Å². The van der Waals surface area contributed by atoms with Crippen LogP contribution in [0.2, 0.25) is 0 Å². The van der Waals surface area contributed by atoms with E-state index in [-0.39, 0.29) is 11.0 Å². The summed E-state index contributed by atoms with van der Waals surface area (Å²) >= 11 is 0. The van der Waals surface area contributed by atoms with E-state index in [4.69, 9.17) is 0 Å². The molecule has 0 aliphatic carbocycles. The van der Waals surface area contributed by atoms with Gasteiger partial charge in [-0.15, -0.1) is 0 Å². The number of aromatic amines is 1. The lowest BCUT2D eigenvalue weighted by molar-refractivity contribution is -0.136. The predicted octanol–water partition coefficient (Wildman–Crippen LogP) is 4.60. The van der Waals surface area contributed by atoms with Gasteiger partial charge >= 0.3 is 13.3 Å². The third kappa shape index (κ3) is 3.99. The molecule has 1 heterocycles. The molecule has 3 nitrogen and oxygen atoms in total. The van der Waals surface area contributed by atoms with Gasteiger partial charge in [-0.1, -0.05) is 72.8 Å². The zero-order valence-electron chi connectivity index (χ0n) is 15.9. The van der Waals surface area contributed by atoms with E-state index in [0.717, 1.165) is 11.1 Å². The maximum atomic E-state index is 13.7. The highest BCUT2D eigenvalue weighted by Gasteiger charge is 2.37. The minimum absolute atomic E-state index is 0.0658. The SMILES string of the molecule is OB(O)c1ccccc1C(CC(F)(F)F)c1c(-c2ccccc2)[nH]c2ccccc12. The van der Waals surface area contributed by atoms with Crippen LogP contribution in [0.25, 0.3) is 22.2 Å². The van der Waals surface area contributed by atoms with E-state index in [9.17, 15) is 23.2 Å². The van der Waals surface area contributed by atoms with Gasteiger partial charge in [-0.05, 0) is 28.2 Å². The van der Waals surface area contributed by atoms with Crippen molar-refractivity contribution in [2.75, 3.05) is 0 Å². The number of hydrogen-bond acceptors (Lipinski definition) is 2. The molecule has 0 aliphatic rings. The molecule has 1 unspecified atom stereocenters. The minimum Gasteiger partial charge on any atom is -0.423 e. The Labute approximate surface area is 172 Å². The second kappa shape index (κ2) is 8.01. The van der Waals surface area contributed by atoms with Crippen molar-refractivity contribution in [2.24, 2.45) is 0 Å². The number of halogens is 3. The number of H-pyrrole nitrogens is 1. The molecule has 30 heavy (non-hydrogen) atoms. The first-order valence-electron chi connectivity index (χ1n) is 9.53. The molecule has 0 saturated heterocycles. The molecule has 4 aromatic rings. The number of alkyl halides is 3. The quantitative estimate of drug-likeness (QED) is 0.422. The summed E-state index contributed by atoms with van der Waals surface area (Å²) in [6.07, 6.45) is -5.58. The molecule has 1 aromatic heterocycles. The molecular weight excluding hydrogens is 390 g/mol. The lowest BCUT2D eigenvalue weighted by Crippen LogP contribution is -2.35. The highest BCUT2D eigenvalue weighted by molar-refractivity contribution is 6.59. The molecule has 0 amide bonds. The molecule has 0 fully saturated rings. The minimum atomic E-state index is -4.45. The van der Waals surface area contributed by atoms with E-state index < -0.39 is 25.6 Å². The number of para-hydroxylation sites is 1. The third-order valence-electron chi connectivity index (χ3n) is 5.24. The summed E-state index contributed by atoms with van der Waals surface area (Å²) in [7, 11) is -1.87. The molecule has 3 N–H and O–H groups in total. The molecule has 7 heteroatoms. The van der Waals surface area contributed by atoms with Gasteiger partial charge in [0.1, 0.15) is 0 Å². The highest BCUT2D eigenvalue weighted by Crippen LogP contribution is 2.43. The number of nitrogens with one attached hydrogen (secondary N) is 1. The van der Waals surface area contributed by atoms with Crippen LogP contribution in [-0.4, -0.2) is 28.3 Å². The number of hydrogen-bond donors (Lipinski definition) is 3. The normalized spacial score (nSPS) is 12.8. The highest BCUT2D eigenvalue weighted by atomic mass is 19.4. The maximum absolute atomic E-state index is 13.7. The Hall–Kier alpha value is -3.03. The summed E-state index contributed by atoms with van der Waals surface area (Å²) < 4.78 is 41.1. The molecule has 0 aliphatic heterocycles. The van der Waals surface area contributed by atoms with E-state index in [1.54, 1.807) is 24.3 Å². The van der Waals surface area contributed by atoms with Crippen molar-refractivity contribution < 1.29 is 23.2 Å². The fourth-order valence-electron chi connectivity index (χ4n) is 4.02. The van der Waals surface area contributed by atoms with Crippen molar-refractivity contribution in [3.05, 3.63) is 90.0 Å². The average Bonchev–Trinajstić information content (AvgIpc) is 3.11. The van der Waals surface area contributed by atoms with Crippen molar-refractivity contribution in [1.29, 1.82) is 0 Å². The molecule has 0 spiro atoms. The van der Waals surface area contributed by atoms with E-state index in [1.165, 1.54) is 12.1 Å². The Morgan fingerprint density at radius 2 is 1.47 bits per heavy atom. The summed E-state index contributed by atoms with van der Waals surface area (Å²) in [5, 5.41) is 20.3. The fraction of sp³-hybridized carbons (Fsp3) is 0.130. The summed E-state index contributed by atoms with van der Waals surface area (Å²) in [6.45, 7) is 0. The van der Waals surface area contributed by atoms with Gasteiger partial charge in [-0.25, -0.2) is 0 Å². The van der Waals surface area contributed by atoms with E-state index >= 15 is 0 Å². The van der Waals surface area contributed by atoms with Crippen molar-refractivity contribution in [3.63, 3.8) is 0 Å². The Morgan fingerprint density at radius 1 is 0.833 bits per heavy atom. The number of rotatable bonds is 5. The largest absolute Gasteiger partial charge is 0.488 e. The molecule has 4 rings (SSSR count). The molecular formula is C23H19BF3NO2. The van der Waals surface area contributed by atoms with Gasteiger partial charge in [-0.2, -0.15) is 13.2 Å². The van der Waals surface area contributed by atoms with Gasteiger partial charge in [0.15, 0.2) is 0 Å². The van der Waals surface area contributed by atoms with Crippen molar-refractivity contribution >= 4 is 23.5 Å².